The Morgan fingerprint density at radius 2 is 1.96 bits per heavy atom. The van der Waals surface area contributed by atoms with E-state index in [9.17, 15) is 4.79 Å². The Morgan fingerprint density at radius 3 is 2.54 bits per heavy atom. The van der Waals surface area contributed by atoms with Gasteiger partial charge in [-0.3, -0.25) is 9.78 Å². The predicted molar refractivity (Wildman–Crippen MR) is 118 cm³/mol. The third kappa shape index (κ3) is 4.45. The summed E-state index contributed by atoms with van der Waals surface area (Å²) < 4.78 is 3.07. The number of primary amides is 1. The van der Waals surface area contributed by atoms with Gasteiger partial charge in [0.1, 0.15) is 0 Å². The molecule has 0 saturated carbocycles. The zero-order chi connectivity index (χ0) is 20.4. The fourth-order valence-corrected chi connectivity index (χ4v) is 5.68. The van der Waals surface area contributed by atoms with Gasteiger partial charge in [-0.1, -0.05) is 53.1 Å². The van der Waals surface area contributed by atoms with E-state index in [1.807, 2.05) is 37.3 Å². The number of nitrogens with two attached hydrogens (primary N) is 1. The zero-order valence-electron chi connectivity index (χ0n) is 15.9. The van der Waals surface area contributed by atoms with Crippen molar-refractivity contribution in [2.45, 2.75) is 43.2 Å². The summed E-state index contributed by atoms with van der Waals surface area (Å²) in [6.45, 7) is 6.74. The molecule has 2 N–H and O–H groups in total. The number of carbonyl (C=O) groups excluding carboxylic acids is 1. The van der Waals surface area contributed by atoms with E-state index in [2.05, 4.69) is 39.3 Å². The smallest absolute Gasteiger partial charge is 0.250 e. The minimum atomic E-state index is -0.399. The molecule has 2 aromatic heterocycles. The number of carbonyl (C=O) groups is 1. The summed E-state index contributed by atoms with van der Waals surface area (Å²) in [6, 6.07) is 9.74. The summed E-state index contributed by atoms with van der Waals surface area (Å²) in [4.78, 5) is 17.4. The summed E-state index contributed by atoms with van der Waals surface area (Å²) in [6.07, 6.45) is 3.54. The van der Waals surface area contributed by atoms with E-state index in [4.69, 9.17) is 17.3 Å². The Kier molecular flexibility index (Phi) is 6.53. The van der Waals surface area contributed by atoms with Crippen LogP contribution in [0.3, 0.4) is 0 Å². The van der Waals surface area contributed by atoms with E-state index in [1.165, 1.54) is 0 Å². The molecule has 0 saturated heterocycles. The highest BCUT2D eigenvalue weighted by Crippen LogP contribution is 2.41. The summed E-state index contributed by atoms with van der Waals surface area (Å²) >= 11 is 11.3. The van der Waals surface area contributed by atoms with Crippen LogP contribution in [0, 0.1) is 6.92 Å². The van der Waals surface area contributed by atoms with Crippen molar-refractivity contribution >= 4 is 45.2 Å². The lowest BCUT2D eigenvalue weighted by atomic mass is 10.0. The molecule has 0 radical (unpaired) electrons. The van der Waals surface area contributed by atoms with Crippen LogP contribution in [-0.2, 0) is 6.54 Å². The molecule has 0 bridgehead atoms. The minimum Gasteiger partial charge on any atom is -0.366 e. The van der Waals surface area contributed by atoms with Gasteiger partial charge in [-0.15, -0.1) is 0 Å². The summed E-state index contributed by atoms with van der Waals surface area (Å²) in [5, 5.41) is 1.66. The van der Waals surface area contributed by atoms with Crippen LogP contribution in [-0.4, -0.2) is 15.5 Å². The zero-order valence-corrected chi connectivity index (χ0v) is 19.0. The first-order chi connectivity index (χ1) is 13.3. The molecule has 1 amide bonds. The SMILES string of the molecule is Cc1c(C(N)=O)c(C(C)C)c(Sc2cc(Cl)cc(Br)c2)n1Cc1ccncc1. The highest BCUT2D eigenvalue weighted by atomic mass is 79.9. The van der Waals surface area contributed by atoms with Gasteiger partial charge >= 0.3 is 0 Å². The second-order valence-corrected chi connectivity index (χ2v) is 9.26. The van der Waals surface area contributed by atoms with Gasteiger partial charge in [0, 0.05) is 39.0 Å². The Hall–Kier alpha value is -1.76. The maximum atomic E-state index is 12.3. The van der Waals surface area contributed by atoms with E-state index in [-0.39, 0.29) is 5.92 Å². The van der Waals surface area contributed by atoms with Gasteiger partial charge in [0.25, 0.3) is 5.91 Å². The van der Waals surface area contributed by atoms with Crippen LogP contribution in [0.2, 0.25) is 5.02 Å². The Bertz CT molecular complexity index is 998. The predicted octanol–water partition coefficient (Wildman–Crippen LogP) is 6.03. The van der Waals surface area contributed by atoms with Crippen molar-refractivity contribution in [2.24, 2.45) is 5.73 Å². The van der Waals surface area contributed by atoms with Gasteiger partial charge in [-0.25, -0.2) is 0 Å². The van der Waals surface area contributed by atoms with Crippen molar-refractivity contribution in [3.63, 3.8) is 0 Å². The van der Waals surface area contributed by atoms with Crippen LogP contribution >= 0.6 is 39.3 Å². The molecule has 2 heterocycles. The average molecular weight is 479 g/mol. The van der Waals surface area contributed by atoms with Gasteiger partial charge in [-0.05, 0) is 54.3 Å². The molecule has 0 aliphatic carbocycles. The van der Waals surface area contributed by atoms with Crippen molar-refractivity contribution in [2.75, 3.05) is 0 Å². The topological polar surface area (TPSA) is 60.9 Å². The molecule has 3 rings (SSSR count). The van der Waals surface area contributed by atoms with Crippen LogP contribution in [0.15, 0.2) is 57.1 Å². The molecule has 0 unspecified atom stereocenters. The molecule has 28 heavy (non-hydrogen) atoms. The second-order valence-electron chi connectivity index (χ2n) is 6.85. The van der Waals surface area contributed by atoms with Crippen molar-refractivity contribution < 1.29 is 4.79 Å². The molecule has 1 aromatic carbocycles. The minimum absolute atomic E-state index is 0.144. The van der Waals surface area contributed by atoms with Gasteiger partial charge in [0.05, 0.1) is 10.6 Å². The maximum Gasteiger partial charge on any atom is 0.250 e. The number of amides is 1. The van der Waals surface area contributed by atoms with Crippen LogP contribution < -0.4 is 5.73 Å². The van der Waals surface area contributed by atoms with Crippen LogP contribution in [0.5, 0.6) is 0 Å². The number of rotatable bonds is 6. The number of hydrogen-bond donors (Lipinski definition) is 1. The first-order valence-electron chi connectivity index (χ1n) is 8.83. The maximum absolute atomic E-state index is 12.3. The summed E-state index contributed by atoms with van der Waals surface area (Å²) in [5.41, 5.74) is 9.32. The normalized spacial score (nSPS) is 11.2. The van der Waals surface area contributed by atoms with Gasteiger partial charge < -0.3 is 10.3 Å². The molecule has 0 atom stereocenters. The highest BCUT2D eigenvalue weighted by Gasteiger charge is 2.26. The Balaban J connectivity index is 2.19. The van der Waals surface area contributed by atoms with Crippen molar-refractivity contribution in [3.8, 4) is 0 Å². The van der Waals surface area contributed by atoms with Crippen LogP contribution in [0.4, 0.5) is 0 Å². The molecular formula is C21H21BrClN3OS. The molecule has 7 heteroatoms. The van der Waals surface area contributed by atoms with E-state index in [0.717, 1.165) is 31.2 Å². The van der Waals surface area contributed by atoms with E-state index in [1.54, 1.807) is 24.2 Å². The lowest BCUT2D eigenvalue weighted by Gasteiger charge is -2.14. The van der Waals surface area contributed by atoms with Gasteiger partial charge in [0.15, 0.2) is 0 Å². The molecule has 3 aromatic rings. The Morgan fingerprint density at radius 1 is 1.29 bits per heavy atom. The van der Waals surface area contributed by atoms with Gasteiger partial charge in [-0.2, -0.15) is 0 Å². The number of benzene rings is 1. The van der Waals surface area contributed by atoms with Crippen molar-refractivity contribution in [3.05, 3.63) is 74.6 Å². The fraction of sp³-hybridized carbons (Fsp3) is 0.238. The van der Waals surface area contributed by atoms with E-state index in [0.29, 0.717) is 17.1 Å². The average Bonchev–Trinajstić information content (AvgIpc) is 2.88. The van der Waals surface area contributed by atoms with Crippen LogP contribution in [0.25, 0.3) is 0 Å². The lowest BCUT2D eigenvalue weighted by molar-refractivity contribution is 0.0998. The standard InChI is InChI=1S/C21H21BrClN3OS/c1-12(2)18-19(20(24)27)13(3)26(11-14-4-6-25-7-5-14)21(18)28-17-9-15(22)8-16(23)10-17/h4-10,12H,11H2,1-3H3,(H2,24,27). The number of hydrogen-bond acceptors (Lipinski definition) is 3. The molecule has 0 fully saturated rings. The molecule has 4 nitrogen and oxygen atoms in total. The largest absolute Gasteiger partial charge is 0.366 e. The molecule has 0 spiro atoms. The quantitative estimate of drug-likeness (QED) is 0.470. The summed E-state index contributed by atoms with van der Waals surface area (Å²) in [7, 11) is 0. The van der Waals surface area contributed by atoms with E-state index >= 15 is 0 Å². The third-order valence-electron chi connectivity index (χ3n) is 4.48. The molecule has 0 aliphatic rings. The fourth-order valence-electron chi connectivity index (χ4n) is 3.25. The number of pyridine rings is 1. The number of aromatic nitrogens is 2. The number of halogens is 2. The monoisotopic (exact) mass is 477 g/mol. The second kappa shape index (κ2) is 8.72. The highest BCUT2D eigenvalue weighted by molar-refractivity contribution is 9.10. The van der Waals surface area contributed by atoms with Crippen molar-refractivity contribution in [1.82, 2.24) is 9.55 Å². The molecule has 0 aliphatic heterocycles. The first kappa shape index (κ1) is 21.0. The third-order valence-corrected chi connectivity index (χ3v) is 6.26. The Labute approximate surface area is 182 Å². The lowest BCUT2D eigenvalue weighted by Crippen LogP contribution is -2.14. The van der Waals surface area contributed by atoms with Crippen molar-refractivity contribution in [1.29, 1.82) is 0 Å². The molecular weight excluding hydrogens is 458 g/mol. The van der Waals surface area contributed by atoms with E-state index < -0.39 is 5.91 Å². The molecule has 146 valence electrons. The number of nitrogens with zero attached hydrogens (tertiary/aromatic N) is 2. The van der Waals surface area contributed by atoms with Gasteiger partial charge in [0.2, 0.25) is 0 Å². The van der Waals surface area contributed by atoms with Crippen LogP contribution in [0.1, 0.15) is 46.9 Å². The first-order valence-corrected chi connectivity index (χ1v) is 10.8. The summed E-state index contributed by atoms with van der Waals surface area (Å²) in [5.74, 6) is -0.256.